The number of piperidine rings is 2. The van der Waals surface area contributed by atoms with Crippen LogP contribution in [0.1, 0.15) is 39.5 Å². The molecule has 2 fully saturated rings. The zero-order valence-electron chi connectivity index (χ0n) is 12.1. The summed E-state index contributed by atoms with van der Waals surface area (Å²) in [5, 5.41) is 7.64. The van der Waals surface area contributed by atoms with Gasteiger partial charge in [-0.25, -0.2) is 4.79 Å². The van der Waals surface area contributed by atoms with Crippen LogP contribution in [0.15, 0.2) is 0 Å². The van der Waals surface area contributed by atoms with Crippen LogP contribution in [0.3, 0.4) is 0 Å². The van der Waals surface area contributed by atoms with Gasteiger partial charge in [-0.3, -0.25) is 5.41 Å². The Kier molecular flexibility index (Phi) is 4.02. The number of amidine groups is 1. The largest absolute Gasteiger partial charge is 0.387 e. The average Bonchev–Trinajstić information content (AvgIpc) is 2.38. The van der Waals surface area contributed by atoms with Gasteiger partial charge in [0.1, 0.15) is 0 Å². The average molecular weight is 266 g/mol. The van der Waals surface area contributed by atoms with Gasteiger partial charge >= 0.3 is 6.03 Å². The van der Waals surface area contributed by atoms with Crippen LogP contribution in [0.2, 0.25) is 0 Å². The fourth-order valence-corrected chi connectivity index (χ4v) is 3.02. The van der Waals surface area contributed by atoms with Crippen molar-refractivity contribution in [1.82, 2.24) is 9.80 Å². The number of nitrogens with two attached hydrogens (primary N) is 1. The van der Waals surface area contributed by atoms with Gasteiger partial charge in [-0.1, -0.05) is 13.8 Å². The minimum Gasteiger partial charge on any atom is -0.387 e. The summed E-state index contributed by atoms with van der Waals surface area (Å²) in [4.78, 5) is 16.4. The van der Waals surface area contributed by atoms with Crippen LogP contribution >= 0.6 is 0 Å². The van der Waals surface area contributed by atoms with Crippen LogP contribution in [0.5, 0.6) is 0 Å². The Morgan fingerprint density at radius 1 is 1.26 bits per heavy atom. The molecule has 2 saturated heterocycles. The van der Waals surface area contributed by atoms with Crippen molar-refractivity contribution in [2.75, 3.05) is 26.2 Å². The van der Waals surface area contributed by atoms with Crippen molar-refractivity contribution < 1.29 is 4.79 Å². The molecule has 0 radical (unpaired) electrons. The van der Waals surface area contributed by atoms with Crippen LogP contribution in [-0.4, -0.2) is 47.8 Å². The molecule has 2 aliphatic heterocycles. The third kappa shape index (κ3) is 3.01. The number of nitrogens with zero attached hydrogens (tertiary/aromatic N) is 2. The highest BCUT2D eigenvalue weighted by Gasteiger charge is 2.36. The number of likely N-dealkylation sites (tertiary alicyclic amines) is 2. The van der Waals surface area contributed by atoms with Gasteiger partial charge in [0.25, 0.3) is 0 Å². The summed E-state index contributed by atoms with van der Waals surface area (Å²) < 4.78 is 0. The normalized spacial score (nSPS) is 27.2. The van der Waals surface area contributed by atoms with Crippen molar-refractivity contribution in [2.24, 2.45) is 17.1 Å². The van der Waals surface area contributed by atoms with E-state index in [2.05, 4.69) is 6.92 Å². The maximum Gasteiger partial charge on any atom is 0.320 e. The molecule has 2 rings (SSSR count). The first-order chi connectivity index (χ1) is 8.92. The topological polar surface area (TPSA) is 73.4 Å². The number of hydrogen-bond donors (Lipinski definition) is 2. The Morgan fingerprint density at radius 3 is 2.42 bits per heavy atom. The molecular weight excluding hydrogens is 240 g/mol. The van der Waals surface area contributed by atoms with Gasteiger partial charge in [-0.05, 0) is 31.6 Å². The van der Waals surface area contributed by atoms with Gasteiger partial charge in [0.15, 0.2) is 0 Å². The Bertz CT molecular complexity index is 360. The lowest BCUT2D eigenvalue weighted by Gasteiger charge is -2.41. The Labute approximate surface area is 115 Å². The molecule has 0 spiro atoms. The van der Waals surface area contributed by atoms with Crippen molar-refractivity contribution in [3.05, 3.63) is 0 Å². The third-order valence-electron chi connectivity index (χ3n) is 4.72. The maximum atomic E-state index is 12.4. The molecule has 0 aromatic rings. The Hall–Kier alpha value is -1.26. The van der Waals surface area contributed by atoms with E-state index in [1.54, 1.807) is 0 Å². The summed E-state index contributed by atoms with van der Waals surface area (Å²) >= 11 is 0. The summed E-state index contributed by atoms with van der Waals surface area (Å²) in [6.07, 6.45) is 3.95. The van der Waals surface area contributed by atoms with E-state index in [-0.39, 0.29) is 17.3 Å². The standard InChI is InChI=1S/C14H26N4O/c1-11-4-3-7-18(10-11)13(19)17-8-5-14(2,6-9-17)12(15)16/h11H,3-10H2,1-2H3,(H3,15,16). The molecule has 2 aliphatic rings. The molecule has 2 heterocycles. The van der Waals surface area contributed by atoms with Crippen LogP contribution in [-0.2, 0) is 0 Å². The smallest absolute Gasteiger partial charge is 0.320 e. The molecule has 0 aromatic heterocycles. The Morgan fingerprint density at radius 2 is 1.89 bits per heavy atom. The van der Waals surface area contributed by atoms with Crippen molar-refractivity contribution >= 4 is 11.9 Å². The van der Waals surface area contributed by atoms with E-state index < -0.39 is 0 Å². The number of nitrogens with one attached hydrogen (secondary N) is 1. The van der Waals surface area contributed by atoms with Gasteiger partial charge in [-0.15, -0.1) is 0 Å². The molecule has 0 saturated carbocycles. The third-order valence-corrected chi connectivity index (χ3v) is 4.72. The fourth-order valence-electron chi connectivity index (χ4n) is 3.02. The first kappa shape index (κ1) is 14.2. The summed E-state index contributed by atoms with van der Waals surface area (Å²) in [7, 11) is 0. The van der Waals surface area contributed by atoms with Crippen molar-refractivity contribution in [3.63, 3.8) is 0 Å². The van der Waals surface area contributed by atoms with Gasteiger partial charge < -0.3 is 15.5 Å². The summed E-state index contributed by atoms with van der Waals surface area (Å²) in [5.74, 6) is 0.871. The number of amides is 2. The molecule has 2 amide bonds. The van der Waals surface area contributed by atoms with E-state index in [1.165, 1.54) is 6.42 Å². The van der Waals surface area contributed by atoms with E-state index in [0.717, 1.165) is 45.4 Å². The molecule has 3 N–H and O–H groups in total. The highest BCUT2D eigenvalue weighted by Crippen LogP contribution is 2.31. The molecule has 5 heteroatoms. The molecule has 5 nitrogen and oxygen atoms in total. The lowest BCUT2D eigenvalue weighted by molar-refractivity contribution is 0.109. The second-order valence-corrected chi connectivity index (χ2v) is 6.44. The molecule has 19 heavy (non-hydrogen) atoms. The number of urea groups is 1. The van der Waals surface area contributed by atoms with E-state index in [0.29, 0.717) is 5.92 Å². The molecule has 0 aliphatic carbocycles. The monoisotopic (exact) mass is 266 g/mol. The van der Waals surface area contributed by atoms with Crippen molar-refractivity contribution in [3.8, 4) is 0 Å². The highest BCUT2D eigenvalue weighted by molar-refractivity contribution is 5.83. The van der Waals surface area contributed by atoms with Crippen LogP contribution in [0.4, 0.5) is 4.79 Å². The fraction of sp³-hybridized carbons (Fsp3) is 0.857. The first-order valence-electron chi connectivity index (χ1n) is 7.31. The zero-order chi connectivity index (χ0) is 14.0. The second kappa shape index (κ2) is 5.39. The zero-order valence-corrected chi connectivity index (χ0v) is 12.1. The van der Waals surface area contributed by atoms with Gasteiger partial charge in [0.2, 0.25) is 0 Å². The van der Waals surface area contributed by atoms with Crippen molar-refractivity contribution in [1.29, 1.82) is 5.41 Å². The Balaban J connectivity index is 1.90. The summed E-state index contributed by atoms with van der Waals surface area (Å²) in [5.41, 5.74) is 5.44. The molecule has 1 atom stereocenters. The molecule has 0 bridgehead atoms. The number of hydrogen-bond acceptors (Lipinski definition) is 2. The second-order valence-electron chi connectivity index (χ2n) is 6.44. The molecule has 0 aromatic carbocycles. The van der Waals surface area contributed by atoms with E-state index in [9.17, 15) is 4.79 Å². The predicted molar refractivity (Wildman–Crippen MR) is 76.2 cm³/mol. The highest BCUT2D eigenvalue weighted by atomic mass is 16.2. The van der Waals surface area contributed by atoms with Gasteiger partial charge in [-0.2, -0.15) is 0 Å². The van der Waals surface area contributed by atoms with Crippen LogP contribution in [0, 0.1) is 16.7 Å². The summed E-state index contributed by atoms with van der Waals surface area (Å²) in [6.45, 7) is 7.46. The quantitative estimate of drug-likeness (QED) is 0.562. The number of rotatable bonds is 1. The minimum atomic E-state index is -0.216. The van der Waals surface area contributed by atoms with Gasteiger partial charge in [0.05, 0.1) is 5.84 Å². The summed E-state index contributed by atoms with van der Waals surface area (Å²) in [6, 6.07) is 0.178. The number of carbonyl (C=O) groups excluding carboxylic acids is 1. The molecular formula is C14H26N4O. The molecule has 108 valence electrons. The van der Waals surface area contributed by atoms with E-state index >= 15 is 0 Å². The lowest BCUT2D eigenvalue weighted by Crippen LogP contribution is -2.52. The van der Waals surface area contributed by atoms with E-state index in [4.69, 9.17) is 11.1 Å². The number of carbonyl (C=O) groups is 1. The minimum absolute atomic E-state index is 0.178. The van der Waals surface area contributed by atoms with Crippen molar-refractivity contribution in [2.45, 2.75) is 39.5 Å². The first-order valence-corrected chi connectivity index (χ1v) is 7.31. The van der Waals surface area contributed by atoms with E-state index in [1.807, 2.05) is 16.7 Å². The van der Waals surface area contributed by atoms with Crippen LogP contribution < -0.4 is 5.73 Å². The SMILES string of the molecule is CC1CCCN(C(=O)N2CCC(C)(C(=N)N)CC2)C1. The van der Waals surface area contributed by atoms with Crippen LogP contribution in [0.25, 0.3) is 0 Å². The lowest BCUT2D eigenvalue weighted by atomic mass is 9.79. The maximum absolute atomic E-state index is 12.4. The molecule has 1 unspecified atom stereocenters. The van der Waals surface area contributed by atoms with Gasteiger partial charge in [0, 0.05) is 31.6 Å². The predicted octanol–water partition coefficient (Wildman–Crippen LogP) is 1.88.